The van der Waals surface area contributed by atoms with Gasteiger partial charge in [-0.15, -0.1) is 10.2 Å². The van der Waals surface area contributed by atoms with Crippen LogP contribution in [0.5, 0.6) is 0 Å². The summed E-state index contributed by atoms with van der Waals surface area (Å²) in [6.07, 6.45) is 2.37. The molecule has 5 nitrogen and oxygen atoms in total. The quantitative estimate of drug-likeness (QED) is 0.755. The van der Waals surface area contributed by atoms with Gasteiger partial charge in [0.2, 0.25) is 5.91 Å². The molecular formula is C18H24N4OS. The zero-order chi connectivity index (χ0) is 17.3. The first-order chi connectivity index (χ1) is 11.5. The van der Waals surface area contributed by atoms with Crippen LogP contribution >= 0.6 is 11.8 Å². The van der Waals surface area contributed by atoms with Crippen LogP contribution in [0.25, 0.3) is 0 Å². The Kier molecular flexibility index (Phi) is 4.94. The van der Waals surface area contributed by atoms with Crippen molar-refractivity contribution in [3.63, 3.8) is 0 Å². The number of hydrogen-bond acceptors (Lipinski definition) is 4. The molecule has 6 heteroatoms. The second-order valence-corrected chi connectivity index (χ2v) is 7.54. The third-order valence-corrected chi connectivity index (χ3v) is 5.33. The summed E-state index contributed by atoms with van der Waals surface area (Å²) in [6.45, 7) is 6.79. The molecule has 1 fully saturated rings. The molecule has 0 saturated heterocycles. The Morgan fingerprint density at radius 1 is 1.29 bits per heavy atom. The van der Waals surface area contributed by atoms with E-state index in [0.29, 0.717) is 18.3 Å². The molecule has 0 unspecified atom stereocenters. The molecule has 1 aliphatic carbocycles. The van der Waals surface area contributed by atoms with Crippen LogP contribution in [0.15, 0.2) is 23.4 Å². The number of carbonyl (C=O) groups excluding carboxylic acids is 1. The summed E-state index contributed by atoms with van der Waals surface area (Å²) in [5.74, 6) is 1.45. The summed E-state index contributed by atoms with van der Waals surface area (Å²) >= 11 is 1.49. The van der Waals surface area contributed by atoms with Crippen molar-refractivity contribution >= 4 is 17.7 Å². The van der Waals surface area contributed by atoms with E-state index >= 15 is 0 Å². The van der Waals surface area contributed by atoms with Crippen LogP contribution in [0.4, 0.5) is 0 Å². The van der Waals surface area contributed by atoms with Gasteiger partial charge in [0.05, 0.1) is 5.75 Å². The van der Waals surface area contributed by atoms with Gasteiger partial charge in [-0.3, -0.25) is 4.79 Å². The summed E-state index contributed by atoms with van der Waals surface area (Å²) in [7, 11) is 1.86. The van der Waals surface area contributed by atoms with E-state index in [1.54, 1.807) is 4.90 Å². The molecule has 1 amide bonds. The van der Waals surface area contributed by atoms with E-state index in [-0.39, 0.29) is 5.91 Å². The highest BCUT2D eigenvalue weighted by atomic mass is 32.2. The monoisotopic (exact) mass is 344 g/mol. The Balaban J connectivity index is 1.58. The first kappa shape index (κ1) is 17.0. The molecule has 1 aromatic heterocycles. The summed E-state index contributed by atoms with van der Waals surface area (Å²) in [6, 6.07) is 6.89. The maximum atomic E-state index is 12.5. The molecule has 0 atom stereocenters. The molecule has 0 bridgehead atoms. The number of nitrogens with zero attached hydrogens (tertiary/aromatic N) is 4. The van der Waals surface area contributed by atoms with Gasteiger partial charge < -0.3 is 9.47 Å². The van der Waals surface area contributed by atoms with Gasteiger partial charge in [-0.1, -0.05) is 35.5 Å². The van der Waals surface area contributed by atoms with Crippen molar-refractivity contribution in [2.75, 3.05) is 12.8 Å². The third-order valence-electron chi connectivity index (χ3n) is 4.40. The van der Waals surface area contributed by atoms with E-state index in [0.717, 1.165) is 11.0 Å². The predicted octanol–water partition coefficient (Wildman–Crippen LogP) is 3.29. The Morgan fingerprint density at radius 2 is 2.04 bits per heavy atom. The van der Waals surface area contributed by atoms with Crippen LogP contribution in [0, 0.1) is 20.8 Å². The van der Waals surface area contributed by atoms with E-state index in [1.165, 1.54) is 41.3 Å². The molecule has 3 rings (SSSR count). The number of benzene rings is 1. The number of rotatable bonds is 6. The molecule has 1 aromatic carbocycles. The fraction of sp³-hybridized carbons (Fsp3) is 0.500. The van der Waals surface area contributed by atoms with Crippen LogP contribution in [-0.2, 0) is 11.3 Å². The first-order valence-corrected chi connectivity index (χ1v) is 9.28. The molecule has 0 aliphatic heterocycles. The van der Waals surface area contributed by atoms with E-state index in [2.05, 4.69) is 46.8 Å². The molecule has 0 spiro atoms. The zero-order valence-electron chi connectivity index (χ0n) is 14.7. The average molecular weight is 344 g/mol. The van der Waals surface area contributed by atoms with Crippen molar-refractivity contribution in [3.8, 4) is 0 Å². The van der Waals surface area contributed by atoms with Crippen molar-refractivity contribution in [2.24, 2.45) is 0 Å². The molecule has 1 heterocycles. The minimum Gasteiger partial charge on any atom is -0.341 e. The van der Waals surface area contributed by atoms with Crippen LogP contribution < -0.4 is 0 Å². The molecule has 1 aliphatic rings. The lowest BCUT2D eigenvalue weighted by molar-refractivity contribution is -0.127. The topological polar surface area (TPSA) is 51.0 Å². The van der Waals surface area contributed by atoms with Crippen molar-refractivity contribution in [1.29, 1.82) is 0 Å². The highest BCUT2D eigenvalue weighted by molar-refractivity contribution is 7.99. The molecule has 24 heavy (non-hydrogen) atoms. The van der Waals surface area contributed by atoms with Crippen molar-refractivity contribution in [2.45, 2.75) is 51.4 Å². The minimum absolute atomic E-state index is 0.114. The van der Waals surface area contributed by atoms with Crippen molar-refractivity contribution in [3.05, 3.63) is 40.7 Å². The van der Waals surface area contributed by atoms with Crippen molar-refractivity contribution < 1.29 is 4.79 Å². The number of aromatic nitrogens is 3. The first-order valence-electron chi connectivity index (χ1n) is 8.30. The third kappa shape index (κ3) is 3.80. The molecule has 0 N–H and O–H groups in total. The lowest BCUT2D eigenvalue weighted by atomic mass is 10.1. The van der Waals surface area contributed by atoms with Gasteiger partial charge in [-0.05, 0) is 44.7 Å². The van der Waals surface area contributed by atoms with Crippen LogP contribution in [0.2, 0.25) is 0 Å². The van der Waals surface area contributed by atoms with Crippen LogP contribution in [0.3, 0.4) is 0 Å². The van der Waals surface area contributed by atoms with Crippen molar-refractivity contribution in [1.82, 2.24) is 19.7 Å². The van der Waals surface area contributed by atoms with Crippen LogP contribution in [0.1, 0.15) is 41.4 Å². The average Bonchev–Trinajstić information content (AvgIpc) is 3.30. The van der Waals surface area contributed by atoms with Gasteiger partial charge in [-0.2, -0.15) is 0 Å². The zero-order valence-corrected chi connectivity index (χ0v) is 15.6. The number of hydrogen-bond donors (Lipinski definition) is 0. The Morgan fingerprint density at radius 3 is 2.71 bits per heavy atom. The summed E-state index contributed by atoms with van der Waals surface area (Å²) in [4.78, 5) is 14.2. The number of thioether (sulfide) groups is 1. The number of aryl methyl sites for hydroxylation is 3. The summed E-state index contributed by atoms with van der Waals surface area (Å²) in [5, 5.41) is 9.24. The lowest BCUT2D eigenvalue weighted by Crippen LogP contribution is -2.28. The maximum Gasteiger partial charge on any atom is 0.233 e. The van der Waals surface area contributed by atoms with Gasteiger partial charge in [0.15, 0.2) is 5.16 Å². The second-order valence-electron chi connectivity index (χ2n) is 6.60. The van der Waals surface area contributed by atoms with Gasteiger partial charge >= 0.3 is 0 Å². The molecule has 1 saturated carbocycles. The normalized spacial score (nSPS) is 14.0. The minimum atomic E-state index is 0.114. The van der Waals surface area contributed by atoms with E-state index in [1.807, 2.05) is 14.0 Å². The Bertz CT molecular complexity index is 751. The highest BCUT2D eigenvalue weighted by Crippen LogP contribution is 2.38. The predicted molar refractivity (Wildman–Crippen MR) is 96.1 cm³/mol. The van der Waals surface area contributed by atoms with Gasteiger partial charge in [0, 0.05) is 19.6 Å². The Hall–Kier alpha value is -1.82. The fourth-order valence-electron chi connectivity index (χ4n) is 2.80. The molecule has 128 valence electrons. The van der Waals surface area contributed by atoms with Gasteiger partial charge in [-0.25, -0.2) is 0 Å². The van der Waals surface area contributed by atoms with Gasteiger partial charge in [0.25, 0.3) is 0 Å². The van der Waals surface area contributed by atoms with Gasteiger partial charge in [0.1, 0.15) is 5.82 Å². The smallest absolute Gasteiger partial charge is 0.233 e. The molecular weight excluding hydrogens is 320 g/mol. The Labute approximate surface area is 147 Å². The summed E-state index contributed by atoms with van der Waals surface area (Å²) in [5.41, 5.74) is 3.67. The van der Waals surface area contributed by atoms with E-state index in [4.69, 9.17) is 0 Å². The molecule has 2 aromatic rings. The number of amides is 1. The second kappa shape index (κ2) is 6.97. The molecule has 0 radical (unpaired) electrons. The van der Waals surface area contributed by atoms with E-state index in [9.17, 15) is 4.79 Å². The largest absolute Gasteiger partial charge is 0.341 e. The highest BCUT2D eigenvalue weighted by Gasteiger charge is 2.28. The lowest BCUT2D eigenvalue weighted by Gasteiger charge is -2.18. The SMILES string of the molecule is Cc1ccc(CN(C)C(=O)CSc2nnc(C)n2C2CC2)c(C)c1. The van der Waals surface area contributed by atoms with E-state index < -0.39 is 0 Å². The number of carbonyl (C=O) groups is 1. The standard InChI is InChI=1S/C18H24N4OS/c1-12-5-6-15(13(2)9-12)10-21(4)17(23)11-24-18-20-19-14(3)22(18)16-7-8-16/h5-6,9,16H,7-8,10-11H2,1-4H3. The maximum absolute atomic E-state index is 12.5. The fourth-order valence-corrected chi connectivity index (χ4v) is 3.80. The van der Waals surface area contributed by atoms with Crippen LogP contribution in [-0.4, -0.2) is 38.4 Å². The summed E-state index contributed by atoms with van der Waals surface area (Å²) < 4.78 is 2.17.